The van der Waals surface area contributed by atoms with Crippen molar-refractivity contribution in [3.63, 3.8) is 0 Å². The van der Waals surface area contributed by atoms with Crippen molar-refractivity contribution in [2.75, 3.05) is 26.3 Å². The first kappa shape index (κ1) is 17.2. The van der Waals surface area contributed by atoms with Crippen molar-refractivity contribution < 1.29 is 19.4 Å². The number of ether oxygens (including phenoxy) is 1. The lowest BCUT2D eigenvalue weighted by Crippen LogP contribution is -2.54. The van der Waals surface area contributed by atoms with Gasteiger partial charge >= 0.3 is 0 Å². The number of benzene rings is 1. The van der Waals surface area contributed by atoms with Gasteiger partial charge in [-0.25, -0.2) is 0 Å². The molecule has 24 heavy (non-hydrogen) atoms. The Balaban J connectivity index is 1.78. The summed E-state index contributed by atoms with van der Waals surface area (Å²) in [6.07, 6.45) is 0.768. The highest BCUT2D eigenvalue weighted by Crippen LogP contribution is 2.30. The number of morpholine rings is 1. The molecule has 1 aromatic carbocycles. The van der Waals surface area contributed by atoms with Crippen LogP contribution in [0, 0.1) is 5.92 Å². The van der Waals surface area contributed by atoms with E-state index in [9.17, 15) is 14.7 Å². The van der Waals surface area contributed by atoms with Gasteiger partial charge in [0.1, 0.15) is 6.61 Å². The van der Waals surface area contributed by atoms with E-state index in [0.29, 0.717) is 23.7 Å². The maximum atomic E-state index is 12.9. The molecule has 2 saturated heterocycles. The number of halogens is 1. The van der Waals surface area contributed by atoms with Crippen LogP contribution >= 0.6 is 11.6 Å². The molecule has 130 valence electrons. The van der Waals surface area contributed by atoms with E-state index in [0.717, 1.165) is 12.8 Å². The van der Waals surface area contributed by atoms with E-state index in [1.807, 2.05) is 6.07 Å². The quantitative estimate of drug-likeness (QED) is 0.854. The molecule has 0 aromatic heterocycles. The first-order chi connectivity index (χ1) is 11.6. The summed E-state index contributed by atoms with van der Waals surface area (Å²) < 4.78 is 5.57. The fraction of sp³-hybridized carbons (Fsp3) is 0.529. The number of nitrogens with zero attached hydrogens (tertiary/aromatic N) is 1. The van der Waals surface area contributed by atoms with Crippen molar-refractivity contribution in [2.45, 2.75) is 25.0 Å². The molecule has 3 rings (SSSR count). The number of hydrogen-bond acceptors (Lipinski definition) is 4. The Morgan fingerprint density at radius 3 is 2.71 bits per heavy atom. The Morgan fingerprint density at radius 1 is 1.33 bits per heavy atom. The minimum absolute atomic E-state index is 0.134. The van der Waals surface area contributed by atoms with Crippen LogP contribution in [0.25, 0.3) is 0 Å². The van der Waals surface area contributed by atoms with Crippen LogP contribution in [-0.4, -0.2) is 54.2 Å². The van der Waals surface area contributed by atoms with Gasteiger partial charge in [0, 0.05) is 24.7 Å². The Labute approximate surface area is 145 Å². The number of piperidine rings is 1. The molecule has 2 aliphatic rings. The smallest absolute Gasteiger partial charge is 0.254 e. The van der Waals surface area contributed by atoms with Crippen LogP contribution < -0.4 is 5.32 Å². The number of aliphatic hydroxyl groups excluding tert-OH is 1. The van der Waals surface area contributed by atoms with Crippen LogP contribution in [0.5, 0.6) is 0 Å². The molecule has 6 nitrogen and oxygen atoms in total. The number of nitrogens with one attached hydrogen (secondary N) is 1. The molecule has 0 radical (unpaired) electrons. The lowest BCUT2D eigenvalue weighted by molar-refractivity contribution is -0.156. The number of aliphatic hydroxyl groups is 1. The molecule has 1 aromatic rings. The molecular weight excluding hydrogens is 332 g/mol. The molecule has 7 heteroatoms. The Kier molecular flexibility index (Phi) is 5.38. The van der Waals surface area contributed by atoms with Gasteiger partial charge in [-0.05, 0) is 30.4 Å². The summed E-state index contributed by atoms with van der Waals surface area (Å²) >= 11 is 6.24. The maximum Gasteiger partial charge on any atom is 0.254 e. The second-order valence-electron chi connectivity index (χ2n) is 6.25. The van der Waals surface area contributed by atoms with E-state index in [1.54, 1.807) is 23.1 Å². The van der Waals surface area contributed by atoms with E-state index in [-0.39, 0.29) is 30.9 Å². The molecule has 2 atom stereocenters. The average Bonchev–Trinajstić information content (AvgIpc) is 2.61. The Hall–Kier alpha value is -1.63. The highest BCUT2D eigenvalue weighted by Gasteiger charge is 2.39. The molecule has 0 unspecified atom stereocenters. The number of amides is 2. The number of hydrogen-bond donors (Lipinski definition) is 2. The number of carbonyl (C=O) groups excluding carboxylic acids is 2. The third-order valence-corrected chi connectivity index (χ3v) is 5.03. The highest BCUT2D eigenvalue weighted by molar-refractivity contribution is 6.31. The summed E-state index contributed by atoms with van der Waals surface area (Å²) in [6.45, 7) is 1.20. The van der Waals surface area contributed by atoms with Gasteiger partial charge in [0.15, 0.2) is 6.10 Å². The van der Waals surface area contributed by atoms with Gasteiger partial charge < -0.3 is 20.1 Å². The van der Waals surface area contributed by atoms with Crippen LogP contribution in [0.2, 0.25) is 5.02 Å². The Morgan fingerprint density at radius 2 is 2.04 bits per heavy atom. The van der Waals surface area contributed by atoms with Gasteiger partial charge in [-0.2, -0.15) is 0 Å². The van der Waals surface area contributed by atoms with Crippen LogP contribution in [0.1, 0.15) is 24.4 Å². The van der Waals surface area contributed by atoms with E-state index in [2.05, 4.69) is 5.32 Å². The first-order valence-electron chi connectivity index (χ1n) is 8.15. The monoisotopic (exact) mass is 352 g/mol. The number of carbonyl (C=O) groups is 2. The second-order valence-corrected chi connectivity index (χ2v) is 6.66. The predicted molar refractivity (Wildman–Crippen MR) is 88.5 cm³/mol. The fourth-order valence-corrected chi connectivity index (χ4v) is 3.50. The average molecular weight is 353 g/mol. The topological polar surface area (TPSA) is 78.9 Å². The van der Waals surface area contributed by atoms with Gasteiger partial charge in [-0.1, -0.05) is 29.8 Å². The van der Waals surface area contributed by atoms with E-state index >= 15 is 0 Å². The molecule has 0 bridgehead atoms. The van der Waals surface area contributed by atoms with Crippen LogP contribution in [0.4, 0.5) is 0 Å². The minimum Gasteiger partial charge on any atom is -0.396 e. The van der Waals surface area contributed by atoms with E-state index in [1.165, 1.54) is 0 Å². The zero-order valence-electron chi connectivity index (χ0n) is 13.3. The summed E-state index contributed by atoms with van der Waals surface area (Å²) in [7, 11) is 0. The number of likely N-dealkylation sites (tertiary alicyclic amines) is 1. The molecule has 2 aliphatic heterocycles. The third-order valence-electron chi connectivity index (χ3n) is 4.68. The van der Waals surface area contributed by atoms with Crippen LogP contribution in [-0.2, 0) is 14.3 Å². The summed E-state index contributed by atoms with van der Waals surface area (Å²) in [4.78, 5) is 26.4. The predicted octanol–water partition coefficient (Wildman–Crippen LogP) is 1.13. The molecule has 2 heterocycles. The molecule has 0 aliphatic carbocycles. The zero-order valence-corrected chi connectivity index (χ0v) is 14.0. The van der Waals surface area contributed by atoms with E-state index in [4.69, 9.17) is 16.3 Å². The molecule has 0 saturated carbocycles. The summed E-state index contributed by atoms with van der Waals surface area (Å²) in [5.41, 5.74) is 0.677. The largest absolute Gasteiger partial charge is 0.396 e. The van der Waals surface area contributed by atoms with Gasteiger partial charge in [0.2, 0.25) is 5.91 Å². The summed E-state index contributed by atoms with van der Waals surface area (Å²) in [6, 6.07) is 6.54. The maximum absolute atomic E-state index is 12.9. The Bertz CT molecular complexity index is 616. The second kappa shape index (κ2) is 7.51. The van der Waals surface area contributed by atoms with Crippen molar-refractivity contribution in [3.05, 3.63) is 34.9 Å². The first-order valence-corrected chi connectivity index (χ1v) is 8.53. The third kappa shape index (κ3) is 3.55. The van der Waals surface area contributed by atoms with Crippen molar-refractivity contribution in [3.8, 4) is 0 Å². The molecule has 2 fully saturated rings. The fourth-order valence-electron chi connectivity index (χ4n) is 3.25. The lowest BCUT2D eigenvalue weighted by atomic mass is 9.95. The minimum atomic E-state index is -0.784. The van der Waals surface area contributed by atoms with Gasteiger partial charge in [-0.3, -0.25) is 9.59 Å². The number of rotatable bonds is 3. The summed E-state index contributed by atoms with van der Waals surface area (Å²) in [5.74, 6) is -0.153. The van der Waals surface area contributed by atoms with E-state index < -0.39 is 12.1 Å². The molecular formula is C17H21ClN2O4. The highest BCUT2D eigenvalue weighted by atomic mass is 35.5. The molecule has 2 N–H and O–H groups in total. The lowest BCUT2D eigenvalue weighted by Gasteiger charge is -2.38. The van der Waals surface area contributed by atoms with Gasteiger partial charge in [0.25, 0.3) is 5.91 Å². The van der Waals surface area contributed by atoms with Crippen molar-refractivity contribution in [1.82, 2.24) is 10.2 Å². The molecule has 2 amide bonds. The SMILES string of the molecule is O=C1CO[C@H](C(=O)N2CCC(CO)CC2)[C@@H](c2ccccc2Cl)N1. The van der Waals surface area contributed by atoms with Crippen molar-refractivity contribution in [1.29, 1.82) is 0 Å². The standard InChI is InChI=1S/C17H21ClN2O4/c18-13-4-2-1-3-12(13)15-16(24-10-14(22)19-15)17(23)20-7-5-11(9-21)6-8-20/h1-4,11,15-16,21H,5-10H2,(H,19,22)/t15-,16+/m1/s1. The van der Waals surface area contributed by atoms with Gasteiger partial charge in [-0.15, -0.1) is 0 Å². The van der Waals surface area contributed by atoms with Crippen molar-refractivity contribution >= 4 is 23.4 Å². The zero-order chi connectivity index (χ0) is 17.1. The van der Waals surface area contributed by atoms with Crippen LogP contribution in [0.15, 0.2) is 24.3 Å². The van der Waals surface area contributed by atoms with Gasteiger partial charge in [0.05, 0.1) is 6.04 Å². The molecule has 0 spiro atoms. The van der Waals surface area contributed by atoms with Crippen LogP contribution in [0.3, 0.4) is 0 Å². The van der Waals surface area contributed by atoms with Crippen molar-refractivity contribution in [2.24, 2.45) is 5.92 Å². The summed E-state index contributed by atoms with van der Waals surface area (Å²) in [5, 5.41) is 12.5. The normalized spacial score (nSPS) is 25.4.